The van der Waals surface area contributed by atoms with Crippen LogP contribution in [0.3, 0.4) is 0 Å². The van der Waals surface area contributed by atoms with Gasteiger partial charge in [-0.1, -0.05) is 0 Å². The molecule has 1 N–H and O–H groups in total. The Kier molecular flexibility index (Phi) is 3.02. The molecule has 0 heterocycles. The van der Waals surface area contributed by atoms with Crippen LogP contribution < -0.4 is 5.43 Å². The van der Waals surface area contributed by atoms with E-state index in [1.165, 1.54) is 12.1 Å². The summed E-state index contributed by atoms with van der Waals surface area (Å²) in [6.07, 6.45) is 2.01. The fourth-order valence-corrected chi connectivity index (χ4v) is 1.52. The van der Waals surface area contributed by atoms with Crippen molar-refractivity contribution in [2.24, 2.45) is 5.10 Å². The quantitative estimate of drug-likeness (QED) is 0.638. The third-order valence-corrected chi connectivity index (χ3v) is 2.52. The van der Waals surface area contributed by atoms with Crippen molar-refractivity contribution in [1.29, 1.82) is 10.5 Å². The average Bonchev–Trinajstić information content (AvgIpc) is 3.16. The number of hydrazone groups is 1. The van der Waals surface area contributed by atoms with Gasteiger partial charge in [0.05, 0.1) is 5.69 Å². The minimum atomic E-state index is -0.262. The predicted octanol–water partition coefficient (Wildman–Crippen LogP) is 2.52. The first-order chi connectivity index (χ1) is 8.24. The van der Waals surface area contributed by atoms with Crippen LogP contribution >= 0.6 is 0 Å². The summed E-state index contributed by atoms with van der Waals surface area (Å²) in [6, 6.07) is 7.83. The average molecular weight is 228 g/mol. The zero-order chi connectivity index (χ0) is 12.3. The van der Waals surface area contributed by atoms with Gasteiger partial charge in [0.15, 0.2) is 0 Å². The fraction of sp³-hybridized carbons (Fsp3) is 0.250. The van der Waals surface area contributed by atoms with Gasteiger partial charge in [-0.05, 0) is 42.5 Å². The second-order valence-electron chi connectivity index (χ2n) is 3.81. The summed E-state index contributed by atoms with van der Waals surface area (Å²) in [4.78, 5) is 0. The van der Waals surface area contributed by atoms with E-state index in [4.69, 9.17) is 10.5 Å². The monoisotopic (exact) mass is 228 g/mol. The summed E-state index contributed by atoms with van der Waals surface area (Å²) in [5.41, 5.74) is 3.56. The van der Waals surface area contributed by atoms with Crippen molar-refractivity contribution in [3.05, 3.63) is 29.6 Å². The molecule has 0 spiro atoms. The van der Waals surface area contributed by atoms with Crippen LogP contribution in [-0.2, 0) is 0 Å². The summed E-state index contributed by atoms with van der Waals surface area (Å²) in [7, 11) is 0. The summed E-state index contributed by atoms with van der Waals surface area (Å²) in [5.74, 6) is 0.0787. The van der Waals surface area contributed by atoms with Crippen LogP contribution in [0, 0.1) is 28.5 Å². The lowest BCUT2D eigenvalue weighted by Crippen LogP contribution is -1.97. The van der Waals surface area contributed by atoms with Crippen molar-refractivity contribution < 1.29 is 4.39 Å². The number of nitrogens with one attached hydrogen (secondary N) is 1. The fourth-order valence-electron chi connectivity index (χ4n) is 1.52. The van der Waals surface area contributed by atoms with Crippen LogP contribution in [0.1, 0.15) is 24.3 Å². The van der Waals surface area contributed by atoms with E-state index in [1.54, 1.807) is 18.2 Å². The molecule has 1 aliphatic rings. The molecule has 0 amide bonds. The molecule has 84 valence electrons. The summed E-state index contributed by atoms with van der Waals surface area (Å²) in [6.45, 7) is 0. The molecule has 0 unspecified atom stereocenters. The van der Waals surface area contributed by atoms with Crippen molar-refractivity contribution in [3.8, 4) is 12.1 Å². The Morgan fingerprint density at radius 3 is 2.65 bits per heavy atom. The van der Waals surface area contributed by atoms with Crippen LogP contribution in [0.15, 0.2) is 23.3 Å². The number of halogens is 1. The number of anilines is 1. The first-order valence-electron chi connectivity index (χ1n) is 5.18. The highest BCUT2D eigenvalue weighted by Crippen LogP contribution is 2.42. The van der Waals surface area contributed by atoms with Crippen molar-refractivity contribution in [2.45, 2.75) is 18.8 Å². The highest BCUT2D eigenvalue weighted by Gasteiger charge is 2.26. The molecule has 0 aromatic heterocycles. The topological polar surface area (TPSA) is 72.0 Å². The number of nitrogens with zero attached hydrogens (tertiary/aromatic N) is 3. The van der Waals surface area contributed by atoms with Crippen LogP contribution in [-0.4, -0.2) is 5.71 Å². The third kappa shape index (κ3) is 2.59. The van der Waals surface area contributed by atoms with Gasteiger partial charge in [0.25, 0.3) is 0 Å². The molecule has 1 aromatic carbocycles. The third-order valence-electron chi connectivity index (χ3n) is 2.52. The zero-order valence-corrected chi connectivity index (χ0v) is 8.94. The number of benzene rings is 1. The smallest absolute Gasteiger partial charge is 0.237 e. The van der Waals surface area contributed by atoms with Gasteiger partial charge in [-0.15, -0.1) is 0 Å². The Labute approximate surface area is 98.0 Å². The van der Waals surface area contributed by atoms with Gasteiger partial charge >= 0.3 is 0 Å². The van der Waals surface area contributed by atoms with E-state index in [1.807, 2.05) is 0 Å². The molecule has 1 aromatic rings. The maximum absolute atomic E-state index is 13.4. The molecular weight excluding hydrogens is 219 g/mol. The van der Waals surface area contributed by atoms with Crippen molar-refractivity contribution in [3.63, 3.8) is 0 Å². The molecule has 1 fully saturated rings. The zero-order valence-electron chi connectivity index (χ0n) is 8.94. The Morgan fingerprint density at radius 2 is 2.06 bits per heavy atom. The number of rotatable bonds is 3. The van der Waals surface area contributed by atoms with Gasteiger partial charge in [0.2, 0.25) is 5.71 Å². The van der Waals surface area contributed by atoms with Gasteiger partial charge in [-0.2, -0.15) is 15.6 Å². The predicted molar refractivity (Wildman–Crippen MR) is 60.7 cm³/mol. The van der Waals surface area contributed by atoms with Crippen molar-refractivity contribution in [2.75, 3.05) is 5.43 Å². The molecule has 4 nitrogen and oxygen atoms in total. The Hall–Kier alpha value is -2.40. The summed E-state index contributed by atoms with van der Waals surface area (Å²) >= 11 is 0. The standard InChI is InChI=1S/C12H9FN4/c13-12-4-3-9(5-11(12)8-1-2-8)16-17-10(6-14)7-15/h3-5,8,16H,1-2H2. The number of hydrogen-bond donors (Lipinski definition) is 1. The lowest BCUT2D eigenvalue weighted by Gasteiger charge is -2.04. The highest BCUT2D eigenvalue weighted by molar-refractivity contribution is 6.10. The van der Waals surface area contributed by atoms with Gasteiger partial charge in [0.1, 0.15) is 18.0 Å². The van der Waals surface area contributed by atoms with Crippen LogP contribution in [0.2, 0.25) is 0 Å². The maximum atomic E-state index is 13.4. The lowest BCUT2D eigenvalue weighted by atomic mass is 10.1. The molecule has 5 heteroatoms. The molecule has 1 saturated carbocycles. The van der Waals surface area contributed by atoms with Gasteiger partial charge in [-0.25, -0.2) is 4.39 Å². The van der Waals surface area contributed by atoms with Gasteiger partial charge < -0.3 is 0 Å². The second kappa shape index (κ2) is 4.63. The van der Waals surface area contributed by atoms with E-state index < -0.39 is 0 Å². The molecular formula is C12H9FN4. The van der Waals surface area contributed by atoms with E-state index in [0.717, 1.165) is 12.8 Å². The molecule has 1 aliphatic carbocycles. The normalized spacial score (nSPS) is 13.4. The Morgan fingerprint density at radius 1 is 1.35 bits per heavy atom. The Balaban J connectivity index is 2.18. The van der Waals surface area contributed by atoms with E-state index >= 15 is 0 Å². The largest absolute Gasteiger partial charge is 0.276 e. The molecule has 0 atom stereocenters. The van der Waals surface area contributed by atoms with E-state index in [-0.39, 0.29) is 11.5 Å². The Bertz CT molecular complexity index is 531. The molecule has 17 heavy (non-hydrogen) atoms. The number of nitriles is 2. The number of hydrogen-bond acceptors (Lipinski definition) is 4. The minimum absolute atomic E-state index is 0.220. The van der Waals surface area contributed by atoms with Gasteiger partial charge in [-0.3, -0.25) is 5.43 Å². The van der Waals surface area contributed by atoms with Crippen LogP contribution in [0.4, 0.5) is 10.1 Å². The minimum Gasteiger partial charge on any atom is -0.276 e. The van der Waals surface area contributed by atoms with Crippen LogP contribution in [0.25, 0.3) is 0 Å². The van der Waals surface area contributed by atoms with E-state index in [9.17, 15) is 4.39 Å². The first-order valence-corrected chi connectivity index (χ1v) is 5.18. The lowest BCUT2D eigenvalue weighted by molar-refractivity contribution is 0.611. The molecule has 0 aliphatic heterocycles. The molecule has 0 bridgehead atoms. The van der Waals surface area contributed by atoms with E-state index in [2.05, 4.69) is 10.5 Å². The van der Waals surface area contributed by atoms with Crippen molar-refractivity contribution in [1.82, 2.24) is 0 Å². The molecule has 0 radical (unpaired) electrons. The molecule has 0 saturated heterocycles. The SMILES string of the molecule is N#CC(C#N)=NNc1ccc(F)c(C2CC2)c1. The first kappa shape index (κ1) is 11.1. The molecule has 2 rings (SSSR count). The van der Waals surface area contributed by atoms with Crippen molar-refractivity contribution >= 4 is 11.4 Å². The maximum Gasteiger partial charge on any atom is 0.237 e. The summed E-state index contributed by atoms with van der Waals surface area (Å²) < 4.78 is 13.4. The van der Waals surface area contributed by atoms with Gasteiger partial charge in [0, 0.05) is 0 Å². The highest BCUT2D eigenvalue weighted by atomic mass is 19.1. The van der Waals surface area contributed by atoms with E-state index in [0.29, 0.717) is 17.2 Å². The summed E-state index contributed by atoms with van der Waals surface area (Å²) in [5, 5.41) is 20.6. The second-order valence-corrected chi connectivity index (χ2v) is 3.81. The van der Waals surface area contributed by atoms with Crippen LogP contribution in [0.5, 0.6) is 0 Å².